The van der Waals surface area contributed by atoms with Gasteiger partial charge in [-0.2, -0.15) is 0 Å². The SMILES string of the molecule is CCC(c1nc2cc(Cl)ccc2c(=O)n1CC)N(Cc1ccccc1)C(=O)c1ccccc1Cl. The van der Waals surface area contributed by atoms with Crippen molar-refractivity contribution in [2.24, 2.45) is 0 Å². The molecule has 34 heavy (non-hydrogen) atoms. The van der Waals surface area contributed by atoms with Crippen molar-refractivity contribution < 1.29 is 4.79 Å². The Balaban J connectivity index is 1.90. The van der Waals surface area contributed by atoms with Crippen molar-refractivity contribution in [2.45, 2.75) is 39.4 Å². The molecule has 0 spiro atoms. The van der Waals surface area contributed by atoms with Gasteiger partial charge in [-0.3, -0.25) is 14.2 Å². The summed E-state index contributed by atoms with van der Waals surface area (Å²) in [6.07, 6.45) is 0.557. The first-order chi connectivity index (χ1) is 16.4. The van der Waals surface area contributed by atoms with Crippen molar-refractivity contribution in [1.29, 1.82) is 0 Å². The lowest BCUT2D eigenvalue weighted by atomic mass is 10.1. The third kappa shape index (κ3) is 4.72. The van der Waals surface area contributed by atoms with Crippen LogP contribution in [-0.2, 0) is 13.1 Å². The molecule has 0 saturated carbocycles. The summed E-state index contributed by atoms with van der Waals surface area (Å²) in [6.45, 7) is 4.65. The highest BCUT2D eigenvalue weighted by Gasteiger charge is 2.30. The maximum atomic E-state index is 13.9. The van der Waals surface area contributed by atoms with E-state index in [1.165, 1.54) is 0 Å². The quantitative estimate of drug-likeness (QED) is 0.294. The number of aromatic nitrogens is 2. The fourth-order valence-electron chi connectivity index (χ4n) is 4.21. The van der Waals surface area contributed by atoms with Gasteiger partial charge in [0.05, 0.1) is 27.5 Å². The van der Waals surface area contributed by atoms with Crippen molar-refractivity contribution in [3.05, 3.63) is 110 Å². The second-order valence-corrected chi connectivity index (χ2v) is 8.85. The van der Waals surface area contributed by atoms with Gasteiger partial charge in [-0.15, -0.1) is 0 Å². The van der Waals surface area contributed by atoms with Gasteiger partial charge >= 0.3 is 0 Å². The zero-order valence-corrected chi connectivity index (χ0v) is 20.6. The van der Waals surface area contributed by atoms with E-state index in [4.69, 9.17) is 28.2 Å². The van der Waals surface area contributed by atoms with Gasteiger partial charge in [-0.05, 0) is 49.2 Å². The number of nitrogens with zero attached hydrogens (tertiary/aromatic N) is 3. The second kappa shape index (κ2) is 10.4. The molecule has 1 unspecified atom stereocenters. The highest BCUT2D eigenvalue weighted by molar-refractivity contribution is 6.33. The number of halogens is 2. The molecule has 4 aromatic rings. The van der Waals surface area contributed by atoms with Crippen LogP contribution in [0.1, 0.15) is 48.1 Å². The average molecular weight is 494 g/mol. The fourth-order valence-corrected chi connectivity index (χ4v) is 4.59. The van der Waals surface area contributed by atoms with Gasteiger partial charge in [0.1, 0.15) is 5.82 Å². The van der Waals surface area contributed by atoms with Gasteiger partial charge in [0.15, 0.2) is 0 Å². The molecule has 0 N–H and O–H groups in total. The molecule has 1 aromatic heterocycles. The Labute approximate surface area is 208 Å². The molecule has 3 aromatic carbocycles. The predicted molar refractivity (Wildman–Crippen MR) is 137 cm³/mol. The standard InChI is InChI=1S/C27H25Cl2N3O2/c1-3-24(25-30-23-16-19(28)14-15-21(23)27(34)31(25)4-2)32(17-18-10-6-5-7-11-18)26(33)20-12-8-9-13-22(20)29/h5-16,24H,3-4,17H2,1-2H3. The normalized spacial score (nSPS) is 12.0. The first kappa shape index (κ1) is 24.0. The van der Waals surface area contributed by atoms with E-state index in [0.29, 0.717) is 51.8 Å². The van der Waals surface area contributed by atoms with Crippen LogP contribution >= 0.6 is 23.2 Å². The summed E-state index contributed by atoms with van der Waals surface area (Å²) >= 11 is 12.6. The molecular weight excluding hydrogens is 469 g/mol. The lowest BCUT2D eigenvalue weighted by Crippen LogP contribution is -2.38. The van der Waals surface area contributed by atoms with Crippen molar-refractivity contribution in [2.75, 3.05) is 0 Å². The van der Waals surface area contributed by atoms with Crippen molar-refractivity contribution in [3.63, 3.8) is 0 Å². The second-order valence-electron chi connectivity index (χ2n) is 8.00. The molecule has 1 amide bonds. The van der Waals surface area contributed by atoms with Crippen molar-refractivity contribution >= 4 is 40.0 Å². The minimum atomic E-state index is -0.458. The molecule has 0 aliphatic carbocycles. The first-order valence-corrected chi connectivity index (χ1v) is 12.0. The van der Waals surface area contributed by atoms with Gasteiger partial charge < -0.3 is 4.90 Å². The fraction of sp³-hybridized carbons (Fsp3) is 0.222. The Kier molecular flexibility index (Phi) is 7.35. The van der Waals surface area contributed by atoms with Crippen molar-refractivity contribution in [1.82, 2.24) is 14.5 Å². The number of benzene rings is 3. The highest BCUT2D eigenvalue weighted by Crippen LogP contribution is 2.29. The summed E-state index contributed by atoms with van der Waals surface area (Å²) in [6, 6.07) is 21.4. The van der Waals surface area contributed by atoms with E-state index in [-0.39, 0.29) is 11.5 Å². The number of carbonyl (C=O) groups excluding carboxylic acids is 1. The van der Waals surface area contributed by atoms with Crippen LogP contribution in [0.25, 0.3) is 10.9 Å². The Morgan fingerprint density at radius 1 is 1.00 bits per heavy atom. The number of hydrogen-bond acceptors (Lipinski definition) is 3. The molecule has 0 aliphatic rings. The molecule has 1 atom stereocenters. The van der Waals surface area contributed by atoms with Crippen LogP contribution in [-0.4, -0.2) is 20.4 Å². The van der Waals surface area contributed by atoms with E-state index in [1.807, 2.05) is 44.2 Å². The summed E-state index contributed by atoms with van der Waals surface area (Å²) in [5, 5.41) is 1.38. The Bertz CT molecular complexity index is 1390. The summed E-state index contributed by atoms with van der Waals surface area (Å²) in [5.41, 5.74) is 1.74. The summed E-state index contributed by atoms with van der Waals surface area (Å²) in [4.78, 5) is 33.8. The van der Waals surface area contributed by atoms with Crippen LogP contribution in [0.5, 0.6) is 0 Å². The smallest absolute Gasteiger partial charge is 0.261 e. The van der Waals surface area contributed by atoms with Gasteiger partial charge in [0, 0.05) is 18.1 Å². The zero-order chi connectivity index (χ0) is 24.2. The lowest BCUT2D eigenvalue weighted by Gasteiger charge is -2.32. The van der Waals surface area contributed by atoms with Gasteiger partial charge in [-0.1, -0.05) is 72.6 Å². The van der Waals surface area contributed by atoms with Gasteiger partial charge in [-0.25, -0.2) is 4.98 Å². The molecular formula is C27H25Cl2N3O2. The molecule has 0 fully saturated rings. The maximum Gasteiger partial charge on any atom is 0.261 e. The van der Waals surface area contributed by atoms with E-state index in [2.05, 4.69) is 0 Å². The van der Waals surface area contributed by atoms with E-state index in [0.717, 1.165) is 5.56 Å². The minimum Gasteiger partial charge on any atom is -0.324 e. The molecule has 0 saturated heterocycles. The summed E-state index contributed by atoms with van der Waals surface area (Å²) in [5.74, 6) is 0.311. The molecule has 174 valence electrons. The predicted octanol–water partition coefficient (Wildman–Crippen LogP) is 6.52. The van der Waals surface area contributed by atoms with Crippen LogP contribution in [0.15, 0.2) is 77.6 Å². The Morgan fingerprint density at radius 2 is 1.71 bits per heavy atom. The molecule has 1 heterocycles. The van der Waals surface area contributed by atoms with E-state index < -0.39 is 6.04 Å². The van der Waals surface area contributed by atoms with Gasteiger partial charge in [0.25, 0.3) is 11.5 Å². The number of fused-ring (bicyclic) bond motifs is 1. The monoisotopic (exact) mass is 493 g/mol. The van der Waals surface area contributed by atoms with Crippen LogP contribution in [0, 0.1) is 0 Å². The van der Waals surface area contributed by atoms with E-state index >= 15 is 0 Å². The molecule has 0 aliphatic heterocycles. The van der Waals surface area contributed by atoms with E-state index in [9.17, 15) is 9.59 Å². The lowest BCUT2D eigenvalue weighted by molar-refractivity contribution is 0.0638. The number of amides is 1. The highest BCUT2D eigenvalue weighted by atomic mass is 35.5. The zero-order valence-electron chi connectivity index (χ0n) is 19.0. The van der Waals surface area contributed by atoms with Gasteiger partial charge in [0.2, 0.25) is 0 Å². The Morgan fingerprint density at radius 3 is 2.38 bits per heavy atom. The minimum absolute atomic E-state index is 0.150. The van der Waals surface area contributed by atoms with Crippen LogP contribution in [0.3, 0.4) is 0 Å². The van der Waals surface area contributed by atoms with Crippen LogP contribution < -0.4 is 5.56 Å². The number of rotatable bonds is 7. The summed E-state index contributed by atoms with van der Waals surface area (Å²) in [7, 11) is 0. The third-order valence-corrected chi connectivity index (χ3v) is 6.45. The first-order valence-electron chi connectivity index (χ1n) is 11.2. The molecule has 7 heteroatoms. The maximum absolute atomic E-state index is 13.9. The number of hydrogen-bond donors (Lipinski definition) is 0. The number of carbonyl (C=O) groups is 1. The van der Waals surface area contributed by atoms with Crippen LogP contribution in [0.2, 0.25) is 10.0 Å². The third-order valence-electron chi connectivity index (χ3n) is 5.88. The Hall–Kier alpha value is -3.15. The molecule has 4 rings (SSSR count). The van der Waals surface area contributed by atoms with E-state index in [1.54, 1.807) is 51.9 Å². The molecule has 0 radical (unpaired) electrons. The largest absolute Gasteiger partial charge is 0.324 e. The molecule has 5 nitrogen and oxygen atoms in total. The van der Waals surface area contributed by atoms with Crippen LogP contribution in [0.4, 0.5) is 0 Å². The topological polar surface area (TPSA) is 55.2 Å². The average Bonchev–Trinajstić information content (AvgIpc) is 2.84. The molecule has 0 bridgehead atoms. The van der Waals surface area contributed by atoms with Crippen molar-refractivity contribution in [3.8, 4) is 0 Å². The summed E-state index contributed by atoms with van der Waals surface area (Å²) < 4.78 is 1.64.